The molecule has 0 saturated carbocycles. The van der Waals surface area contributed by atoms with Crippen molar-refractivity contribution in [3.63, 3.8) is 0 Å². The SMILES string of the molecule is CCc1c(C(=O)N2CCOc3ccc(-c4ccc(-c5ncc[nH]5)cc4)cc3C2)ccc(S(=O)(=O)CC)c1F. The normalized spacial score (nSPS) is 13.5. The number of sulfone groups is 1. The van der Waals surface area contributed by atoms with Crippen LogP contribution in [0, 0.1) is 5.82 Å². The van der Waals surface area contributed by atoms with Gasteiger partial charge in [-0.15, -0.1) is 0 Å². The summed E-state index contributed by atoms with van der Waals surface area (Å²) in [4.78, 5) is 22.2. The standard InChI is InChI=1S/C29H28FN3O4S/c1-3-23-24(10-12-26(27(23)30)38(35,36)4-2)29(34)33-15-16-37-25-11-9-21(17-22(25)18-33)19-5-7-20(8-6-19)28-31-13-14-32-28/h5-14,17H,3-4,15-16,18H2,1-2H3,(H,31,32). The van der Waals surface area contributed by atoms with Gasteiger partial charge in [-0.2, -0.15) is 0 Å². The number of H-pyrrole nitrogens is 1. The van der Waals surface area contributed by atoms with Crippen molar-refractivity contribution in [3.05, 3.63) is 89.5 Å². The molecule has 38 heavy (non-hydrogen) atoms. The molecule has 0 aliphatic carbocycles. The minimum Gasteiger partial charge on any atom is -0.491 e. The first-order valence-electron chi connectivity index (χ1n) is 12.5. The third-order valence-corrected chi connectivity index (χ3v) is 8.57. The minimum absolute atomic E-state index is 0.111. The minimum atomic E-state index is -3.75. The Kier molecular flexibility index (Phi) is 7.03. The summed E-state index contributed by atoms with van der Waals surface area (Å²) in [6, 6.07) is 16.5. The summed E-state index contributed by atoms with van der Waals surface area (Å²) in [5.74, 6) is 0.0821. The first-order chi connectivity index (χ1) is 18.3. The maximum Gasteiger partial charge on any atom is 0.254 e. The van der Waals surface area contributed by atoms with Crippen molar-refractivity contribution < 1.29 is 22.3 Å². The molecule has 4 aromatic rings. The van der Waals surface area contributed by atoms with Crippen LogP contribution < -0.4 is 4.74 Å². The number of ether oxygens (including phenoxy) is 1. The molecule has 0 bridgehead atoms. The van der Waals surface area contributed by atoms with Crippen molar-refractivity contribution in [3.8, 4) is 28.3 Å². The molecule has 1 aliphatic rings. The zero-order valence-electron chi connectivity index (χ0n) is 21.2. The Labute approximate surface area is 221 Å². The number of fused-ring (bicyclic) bond motifs is 1. The zero-order valence-corrected chi connectivity index (χ0v) is 22.0. The maximum atomic E-state index is 15.2. The summed E-state index contributed by atoms with van der Waals surface area (Å²) in [6.07, 6.45) is 3.68. The summed E-state index contributed by atoms with van der Waals surface area (Å²) < 4.78 is 45.8. The van der Waals surface area contributed by atoms with Crippen molar-refractivity contribution in [1.29, 1.82) is 0 Å². The molecular weight excluding hydrogens is 505 g/mol. The maximum absolute atomic E-state index is 15.2. The Morgan fingerprint density at radius 3 is 2.47 bits per heavy atom. The van der Waals surface area contributed by atoms with Crippen LogP contribution in [-0.2, 0) is 22.8 Å². The van der Waals surface area contributed by atoms with Crippen molar-refractivity contribution in [2.24, 2.45) is 0 Å². The van der Waals surface area contributed by atoms with E-state index in [1.54, 1.807) is 24.2 Å². The number of carbonyl (C=O) groups excluding carboxylic acids is 1. The lowest BCUT2D eigenvalue weighted by Crippen LogP contribution is -2.33. The molecule has 0 fully saturated rings. The first-order valence-corrected chi connectivity index (χ1v) is 14.2. The summed E-state index contributed by atoms with van der Waals surface area (Å²) >= 11 is 0. The number of imidazole rings is 1. The highest BCUT2D eigenvalue weighted by molar-refractivity contribution is 7.91. The number of amides is 1. The summed E-state index contributed by atoms with van der Waals surface area (Å²) in [7, 11) is -3.75. The van der Waals surface area contributed by atoms with Gasteiger partial charge in [0.1, 0.15) is 28.9 Å². The van der Waals surface area contributed by atoms with Crippen molar-refractivity contribution >= 4 is 15.7 Å². The molecule has 0 spiro atoms. The van der Waals surface area contributed by atoms with Crippen LogP contribution >= 0.6 is 0 Å². The van der Waals surface area contributed by atoms with Crippen LogP contribution in [0.25, 0.3) is 22.5 Å². The lowest BCUT2D eigenvalue weighted by atomic mass is 10.00. The molecule has 5 rings (SSSR count). The van der Waals surface area contributed by atoms with Gasteiger partial charge in [-0.05, 0) is 41.8 Å². The van der Waals surface area contributed by atoms with E-state index in [1.165, 1.54) is 19.1 Å². The van der Waals surface area contributed by atoms with E-state index in [-0.39, 0.29) is 40.6 Å². The molecule has 1 aromatic heterocycles. The summed E-state index contributed by atoms with van der Waals surface area (Å²) in [6.45, 7) is 4.08. The highest BCUT2D eigenvalue weighted by Crippen LogP contribution is 2.32. The number of nitrogens with zero attached hydrogens (tertiary/aromatic N) is 2. The average Bonchev–Trinajstić information content (AvgIpc) is 3.39. The van der Waals surface area contributed by atoms with Gasteiger partial charge in [0.2, 0.25) is 0 Å². The molecule has 2 heterocycles. The Morgan fingerprint density at radius 2 is 1.79 bits per heavy atom. The highest BCUT2D eigenvalue weighted by Gasteiger charge is 2.27. The molecule has 1 N–H and O–H groups in total. The van der Waals surface area contributed by atoms with E-state index in [4.69, 9.17) is 4.74 Å². The van der Waals surface area contributed by atoms with E-state index in [0.717, 1.165) is 28.1 Å². The third kappa shape index (κ3) is 4.81. The van der Waals surface area contributed by atoms with Crippen LogP contribution in [0.4, 0.5) is 4.39 Å². The molecule has 9 heteroatoms. The number of hydrogen-bond acceptors (Lipinski definition) is 5. The molecule has 0 unspecified atom stereocenters. The number of hydrogen-bond donors (Lipinski definition) is 1. The number of rotatable bonds is 6. The van der Waals surface area contributed by atoms with Crippen LogP contribution in [0.15, 0.2) is 71.9 Å². The number of benzene rings is 3. The van der Waals surface area contributed by atoms with Gasteiger partial charge < -0.3 is 14.6 Å². The van der Waals surface area contributed by atoms with Crippen LogP contribution in [-0.4, -0.2) is 48.1 Å². The van der Waals surface area contributed by atoms with E-state index in [9.17, 15) is 13.2 Å². The van der Waals surface area contributed by atoms with E-state index in [0.29, 0.717) is 18.9 Å². The lowest BCUT2D eigenvalue weighted by Gasteiger charge is -2.22. The number of aromatic amines is 1. The zero-order chi connectivity index (χ0) is 26.9. The quantitative estimate of drug-likeness (QED) is 0.364. The molecule has 0 atom stereocenters. The van der Waals surface area contributed by atoms with Crippen LogP contribution in [0.2, 0.25) is 0 Å². The third-order valence-electron chi connectivity index (χ3n) is 6.82. The Bertz CT molecular complexity index is 1580. The van der Waals surface area contributed by atoms with E-state index in [1.807, 2.05) is 42.5 Å². The Morgan fingerprint density at radius 1 is 1.05 bits per heavy atom. The topological polar surface area (TPSA) is 92.4 Å². The van der Waals surface area contributed by atoms with Gasteiger partial charge in [-0.3, -0.25) is 4.79 Å². The molecule has 1 aliphatic heterocycles. The van der Waals surface area contributed by atoms with Gasteiger partial charge in [0, 0.05) is 41.2 Å². The molecule has 7 nitrogen and oxygen atoms in total. The largest absolute Gasteiger partial charge is 0.491 e. The van der Waals surface area contributed by atoms with E-state index >= 15 is 4.39 Å². The van der Waals surface area contributed by atoms with E-state index in [2.05, 4.69) is 9.97 Å². The second-order valence-corrected chi connectivity index (χ2v) is 11.3. The van der Waals surface area contributed by atoms with Crippen molar-refractivity contribution in [2.75, 3.05) is 18.9 Å². The van der Waals surface area contributed by atoms with Crippen molar-refractivity contribution in [1.82, 2.24) is 14.9 Å². The summed E-state index contributed by atoms with van der Waals surface area (Å²) in [5, 5.41) is 0. The van der Waals surface area contributed by atoms with Gasteiger partial charge in [0.05, 0.1) is 12.3 Å². The first kappa shape index (κ1) is 25.7. The smallest absolute Gasteiger partial charge is 0.254 e. The molecule has 196 valence electrons. The van der Waals surface area contributed by atoms with Crippen LogP contribution in [0.5, 0.6) is 5.75 Å². The predicted molar refractivity (Wildman–Crippen MR) is 143 cm³/mol. The molecule has 0 saturated heterocycles. The van der Waals surface area contributed by atoms with Gasteiger partial charge in [-0.25, -0.2) is 17.8 Å². The number of aromatic nitrogens is 2. The van der Waals surface area contributed by atoms with Gasteiger partial charge >= 0.3 is 0 Å². The monoisotopic (exact) mass is 533 g/mol. The fourth-order valence-electron chi connectivity index (χ4n) is 4.70. The summed E-state index contributed by atoms with van der Waals surface area (Å²) in [5.41, 5.74) is 4.08. The molecule has 1 amide bonds. The number of halogens is 1. The van der Waals surface area contributed by atoms with Gasteiger partial charge in [0.15, 0.2) is 9.84 Å². The fourth-order valence-corrected chi connectivity index (χ4v) is 5.69. The highest BCUT2D eigenvalue weighted by atomic mass is 32.2. The van der Waals surface area contributed by atoms with Crippen LogP contribution in [0.3, 0.4) is 0 Å². The Balaban J connectivity index is 1.43. The lowest BCUT2D eigenvalue weighted by molar-refractivity contribution is 0.0731. The number of nitrogens with one attached hydrogen (secondary N) is 1. The van der Waals surface area contributed by atoms with Crippen molar-refractivity contribution in [2.45, 2.75) is 31.7 Å². The Hall–Kier alpha value is -3.98. The van der Waals surface area contributed by atoms with Gasteiger partial charge in [-0.1, -0.05) is 44.2 Å². The van der Waals surface area contributed by atoms with Crippen LogP contribution in [0.1, 0.15) is 35.3 Å². The van der Waals surface area contributed by atoms with Gasteiger partial charge in [0.25, 0.3) is 5.91 Å². The number of carbonyl (C=O) groups is 1. The molecule has 0 radical (unpaired) electrons. The molecular formula is C29H28FN3O4S. The van der Waals surface area contributed by atoms with E-state index < -0.39 is 15.7 Å². The fraction of sp³-hybridized carbons (Fsp3) is 0.241. The average molecular weight is 534 g/mol. The predicted octanol–water partition coefficient (Wildman–Crippen LogP) is 5.27. The molecule has 3 aromatic carbocycles. The second-order valence-electron chi connectivity index (χ2n) is 9.07. The second kappa shape index (κ2) is 10.4.